The molecule has 1 fully saturated rings. The molecule has 0 aliphatic carbocycles. The van der Waals surface area contributed by atoms with Crippen molar-refractivity contribution in [2.45, 2.75) is 44.9 Å². The van der Waals surface area contributed by atoms with Crippen LogP contribution >= 0.6 is 11.5 Å². The minimum Gasteiger partial charge on any atom is -0.345 e. The number of nitrogens with zero attached hydrogens (tertiary/aromatic N) is 3. The molecular formula is C11H20N4O2S2. The summed E-state index contributed by atoms with van der Waals surface area (Å²) in [7, 11) is -3.21. The van der Waals surface area contributed by atoms with E-state index in [0.29, 0.717) is 6.54 Å². The van der Waals surface area contributed by atoms with Crippen LogP contribution in [0.1, 0.15) is 32.5 Å². The molecule has 8 heteroatoms. The van der Waals surface area contributed by atoms with E-state index in [4.69, 9.17) is 0 Å². The maximum atomic E-state index is 11.9. The van der Waals surface area contributed by atoms with Gasteiger partial charge in [0, 0.05) is 30.7 Å². The SMILES string of the molecule is Cc1nsc(N2CCCC(NS(=O)(=O)C(C)C)C2)n1. The molecule has 1 aliphatic heterocycles. The molecule has 6 nitrogen and oxygen atoms in total. The molecule has 2 heterocycles. The van der Waals surface area contributed by atoms with Gasteiger partial charge in [-0.25, -0.2) is 18.1 Å². The van der Waals surface area contributed by atoms with Gasteiger partial charge in [-0.05, 0) is 33.6 Å². The highest BCUT2D eigenvalue weighted by molar-refractivity contribution is 7.90. The fourth-order valence-corrected chi connectivity index (χ4v) is 3.67. The fraction of sp³-hybridized carbons (Fsp3) is 0.818. The number of aryl methyl sites for hydroxylation is 1. The lowest BCUT2D eigenvalue weighted by atomic mass is 10.1. The van der Waals surface area contributed by atoms with Crippen LogP contribution in [0.5, 0.6) is 0 Å². The Morgan fingerprint density at radius 2 is 2.21 bits per heavy atom. The largest absolute Gasteiger partial charge is 0.345 e. The summed E-state index contributed by atoms with van der Waals surface area (Å²) in [4.78, 5) is 6.47. The smallest absolute Gasteiger partial charge is 0.214 e. The number of hydrogen-bond acceptors (Lipinski definition) is 6. The Bertz CT molecular complexity index is 527. The quantitative estimate of drug-likeness (QED) is 0.903. The predicted molar refractivity (Wildman–Crippen MR) is 77.1 cm³/mol. The van der Waals surface area contributed by atoms with Gasteiger partial charge < -0.3 is 4.90 Å². The first-order chi connectivity index (χ1) is 8.88. The predicted octanol–water partition coefficient (Wildman–Crippen LogP) is 1.14. The van der Waals surface area contributed by atoms with Crippen LogP contribution in [0.3, 0.4) is 0 Å². The first-order valence-electron chi connectivity index (χ1n) is 6.45. The van der Waals surface area contributed by atoms with E-state index < -0.39 is 15.3 Å². The summed E-state index contributed by atoms with van der Waals surface area (Å²) in [6.07, 6.45) is 1.84. The van der Waals surface area contributed by atoms with Gasteiger partial charge in [-0.3, -0.25) is 0 Å². The number of anilines is 1. The van der Waals surface area contributed by atoms with Gasteiger partial charge in [-0.15, -0.1) is 0 Å². The number of nitrogens with one attached hydrogen (secondary N) is 1. The molecule has 1 saturated heterocycles. The van der Waals surface area contributed by atoms with E-state index in [2.05, 4.69) is 19.0 Å². The van der Waals surface area contributed by atoms with E-state index in [1.54, 1.807) is 13.8 Å². The molecule has 0 bridgehead atoms. The Morgan fingerprint density at radius 1 is 1.47 bits per heavy atom. The van der Waals surface area contributed by atoms with Crippen LogP contribution in [0.2, 0.25) is 0 Å². The van der Waals surface area contributed by atoms with E-state index in [1.165, 1.54) is 11.5 Å². The van der Waals surface area contributed by atoms with Crippen molar-refractivity contribution in [3.05, 3.63) is 5.82 Å². The van der Waals surface area contributed by atoms with E-state index in [0.717, 1.165) is 30.3 Å². The topological polar surface area (TPSA) is 75.2 Å². The summed E-state index contributed by atoms with van der Waals surface area (Å²) < 4.78 is 30.7. The molecule has 19 heavy (non-hydrogen) atoms. The minimum absolute atomic E-state index is 0.0367. The number of hydrogen-bond donors (Lipinski definition) is 1. The molecule has 1 aliphatic rings. The van der Waals surface area contributed by atoms with E-state index in [-0.39, 0.29) is 6.04 Å². The average Bonchev–Trinajstić information content (AvgIpc) is 2.75. The van der Waals surface area contributed by atoms with Crippen molar-refractivity contribution in [1.29, 1.82) is 0 Å². The zero-order valence-corrected chi connectivity index (χ0v) is 13.1. The zero-order chi connectivity index (χ0) is 14.0. The summed E-state index contributed by atoms with van der Waals surface area (Å²) in [6.45, 7) is 6.83. The zero-order valence-electron chi connectivity index (χ0n) is 11.5. The van der Waals surface area contributed by atoms with Crippen molar-refractivity contribution in [3.8, 4) is 0 Å². The Kier molecular flexibility index (Phi) is 4.42. The van der Waals surface area contributed by atoms with Crippen molar-refractivity contribution >= 4 is 26.7 Å². The Balaban J connectivity index is 2.02. The van der Waals surface area contributed by atoms with Crippen LogP contribution in [0.25, 0.3) is 0 Å². The second-order valence-electron chi connectivity index (χ2n) is 5.12. The first-order valence-corrected chi connectivity index (χ1v) is 8.77. The molecule has 1 aromatic rings. The standard InChI is InChI=1S/C11H20N4O2S2/c1-8(2)19(16,17)14-10-5-4-6-15(7-10)11-12-9(3)13-18-11/h8,10,14H,4-7H2,1-3H3. The Labute approximate surface area is 118 Å². The van der Waals surface area contributed by atoms with Crippen molar-refractivity contribution in [2.75, 3.05) is 18.0 Å². The molecule has 2 rings (SSSR count). The first kappa shape index (κ1) is 14.7. The van der Waals surface area contributed by atoms with Crippen molar-refractivity contribution in [2.24, 2.45) is 0 Å². The highest BCUT2D eigenvalue weighted by Crippen LogP contribution is 2.22. The summed E-state index contributed by atoms with van der Waals surface area (Å²) in [5.74, 6) is 0.768. The van der Waals surface area contributed by atoms with E-state index >= 15 is 0 Å². The van der Waals surface area contributed by atoms with Crippen LogP contribution in [0.15, 0.2) is 0 Å². The number of sulfonamides is 1. The van der Waals surface area contributed by atoms with Crippen molar-refractivity contribution < 1.29 is 8.42 Å². The van der Waals surface area contributed by atoms with Gasteiger partial charge in [-0.2, -0.15) is 4.37 Å². The Hall–Kier alpha value is -0.730. The van der Waals surface area contributed by atoms with Crippen molar-refractivity contribution in [3.63, 3.8) is 0 Å². The third kappa shape index (κ3) is 3.64. The number of aromatic nitrogens is 2. The van der Waals surface area contributed by atoms with Gasteiger partial charge in [0.2, 0.25) is 15.2 Å². The molecule has 108 valence electrons. The molecule has 0 aromatic carbocycles. The van der Waals surface area contributed by atoms with Gasteiger partial charge in [0.15, 0.2) is 0 Å². The highest BCUT2D eigenvalue weighted by Gasteiger charge is 2.27. The number of rotatable bonds is 4. The average molecular weight is 304 g/mol. The van der Waals surface area contributed by atoms with Gasteiger partial charge >= 0.3 is 0 Å². The van der Waals surface area contributed by atoms with Gasteiger partial charge in [0.1, 0.15) is 5.82 Å². The molecular weight excluding hydrogens is 284 g/mol. The molecule has 1 unspecified atom stereocenters. The number of piperidine rings is 1. The normalized spacial score (nSPS) is 21.1. The molecule has 0 amide bonds. The lowest BCUT2D eigenvalue weighted by Crippen LogP contribution is -2.49. The summed E-state index contributed by atoms with van der Waals surface area (Å²) in [5.41, 5.74) is 0. The summed E-state index contributed by atoms with van der Waals surface area (Å²) >= 11 is 1.37. The Morgan fingerprint density at radius 3 is 2.79 bits per heavy atom. The van der Waals surface area contributed by atoms with Crippen molar-refractivity contribution in [1.82, 2.24) is 14.1 Å². The van der Waals surface area contributed by atoms with Crippen LogP contribution in [0, 0.1) is 6.92 Å². The summed E-state index contributed by atoms with van der Waals surface area (Å²) in [5, 5.41) is 0.484. The summed E-state index contributed by atoms with van der Waals surface area (Å²) in [6, 6.07) is -0.0367. The van der Waals surface area contributed by atoms with Crippen LogP contribution in [0.4, 0.5) is 5.13 Å². The molecule has 1 N–H and O–H groups in total. The van der Waals surface area contributed by atoms with Gasteiger partial charge in [0.25, 0.3) is 0 Å². The van der Waals surface area contributed by atoms with Crippen LogP contribution in [-0.2, 0) is 10.0 Å². The second kappa shape index (κ2) is 5.72. The third-order valence-corrected chi connectivity index (χ3v) is 5.93. The van der Waals surface area contributed by atoms with Crippen LogP contribution in [-0.4, -0.2) is 42.2 Å². The van der Waals surface area contributed by atoms with E-state index in [1.807, 2.05) is 6.92 Å². The molecule has 0 radical (unpaired) electrons. The highest BCUT2D eigenvalue weighted by atomic mass is 32.2. The van der Waals surface area contributed by atoms with Gasteiger partial charge in [-0.1, -0.05) is 0 Å². The lowest BCUT2D eigenvalue weighted by molar-refractivity contribution is 0.463. The maximum absolute atomic E-state index is 11.9. The fourth-order valence-electron chi connectivity index (χ4n) is 2.03. The molecule has 0 saturated carbocycles. The molecule has 1 aromatic heterocycles. The monoisotopic (exact) mass is 304 g/mol. The van der Waals surface area contributed by atoms with Gasteiger partial charge in [0.05, 0.1) is 5.25 Å². The van der Waals surface area contributed by atoms with Crippen LogP contribution < -0.4 is 9.62 Å². The maximum Gasteiger partial charge on any atom is 0.214 e. The van der Waals surface area contributed by atoms with E-state index in [9.17, 15) is 8.42 Å². The second-order valence-corrected chi connectivity index (χ2v) is 8.12. The third-order valence-electron chi connectivity index (χ3n) is 3.16. The molecule has 1 atom stereocenters. The minimum atomic E-state index is -3.21. The molecule has 0 spiro atoms. The lowest BCUT2D eigenvalue weighted by Gasteiger charge is -2.32.